The second-order valence-electron chi connectivity index (χ2n) is 5.25. The molecule has 0 atom stereocenters. The highest BCUT2D eigenvalue weighted by Crippen LogP contribution is 2.34. The first-order chi connectivity index (χ1) is 10.7. The zero-order chi connectivity index (χ0) is 15.5. The number of carbonyl (C=O) groups excluding carboxylic acids is 1. The van der Waals surface area contributed by atoms with E-state index >= 15 is 0 Å². The van der Waals surface area contributed by atoms with Crippen molar-refractivity contribution in [3.05, 3.63) is 83.9 Å². The van der Waals surface area contributed by atoms with Crippen LogP contribution in [0.2, 0.25) is 0 Å². The quantitative estimate of drug-likeness (QED) is 0.761. The minimum absolute atomic E-state index is 0.392. The summed E-state index contributed by atoms with van der Waals surface area (Å²) in [6.45, 7) is 1.94. The molecular weight excluding hydrogens is 270 g/mol. The molecule has 3 aromatic rings. The van der Waals surface area contributed by atoms with Crippen molar-refractivity contribution in [1.29, 1.82) is 0 Å². The summed E-state index contributed by atoms with van der Waals surface area (Å²) < 4.78 is 0. The third-order valence-corrected chi connectivity index (χ3v) is 3.90. The Kier molecular flexibility index (Phi) is 3.75. The Bertz CT molecular complexity index is 822. The Morgan fingerprint density at radius 3 is 2.00 bits per heavy atom. The summed E-state index contributed by atoms with van der Waals surface area (Å²) >= 11 is 0. The van der Waals surface area contributed by atoms with E-state index in [-0.39, 0.29) is 0 Å². The van der Waals surface area contributed by atoms with E-state index in [9.17, 15) is 4.79 Å². The summed E-state index contributed by atoms with van der Waals surface area (Å²) in [7, 11) is 0. The van der Waals surface area contributed by atoms with Crippen LogP contribution in [0.15, 0.2) is 72.8 Å². The lowest BCUT2D eigenvalue weighted by atomic mass is 9.90. The predicted octanol–water partition coefficient (Wildman–Crippen LogP) is 4.43. The molecule has 2 N–H and O–H groups in total. The lowest BCUT2D eigenvalue weighted by molar-refractivity contribution is 0.1000. The Balaban J connectivity index is 2.23. The summed E-state index contributed by atoms with van der Waals surface area (Å²) in [5.74, 6) is -0.392. The minimum atomic E-state index is -0.392. The van der Waals surface area contributed by atoms with Crippen LogP contribution in [0.3, 0.4) is 0 Å². The molecule has 22 heavy (non-hydrogen) atoms. The van der Waals surface area contributed by atoms with Crippen LogP contribution in [-0.4, -0.2) is 5.91 Å². The average molecular weight is 287 g/mol. The van der Waals surface area contributed by atoms with E-state index in [0.29, 0.717) is 5.56 Å². The van der Waals surface area contributed by atoms with Gasteiger partial charge in [0.1, 0.15) is 0 Å². The van der Waals surface area contributed by atoms with Gasteiger partial charge in [-0.15, -0.1) is 0 Å². The van der Waals surface area contributed by atoms with Gasteiger partial charge in [-0.2, -0.15) is 0 Å². The maximum Gasteiger partial charge on any atom is 0.248 e. The van der Waals surface area contributed by atoms with Crippen molar-refractivity contribution in [1.82, 2.24) is 0 Å². The van der Waals surface area contributed by atoms with Crippen LogP contribution < -0.4 is 5.73 Å². The topological polar surface area (TPSA) is 43.1 Å². The van der Waals surface area contributed by atoms with E-state index in [0.717, 1.165) is 27.8 Å². The Hall–Kier alpha value is -2.87. The molecule has 0 bridgehead atoms. The van der Waals surface area contributed by atoms with Gasteiger partial charge < -0.3 is 5.73 Å². The Labute approximate surface area is 130 Å². The minimum Gasteiger partial charge on any atom is -0.366 e. The molecule has 0 aliphatic carbocycles. The number of nitrogens with two attached hydrogens (primary N) is 1. The van der Waals surface area contributed by atoms with E-state index in [1.165, 1.54) is 0 Å². The third kappa shape index (κ3) is 2.51. The van der Waals surface area contributed by atoms with Crippen molar-refractivity contribution in [3.8, 4) is 22.3 Å². The molecule has 3 rings (SSSR count). The molecule has 1 amide bonds. The molecular formula is C20H17NO. The number of primary amides is 1. The lowest BCUT2D eigenvalue weighted by Crippen LogP contribution is -2.13. The second kappa shape index (κ2) is 5.86. The highest BCUT2D eigenvalue weighted by molar-refractivity contribution is 5.97. The van der Waals surface area contributed by atoms with Gasteiger partial charge in [0.25, 0.3) is 0 Å². The van der Waals surface area contributed by atoms with Crippen molar-refractivity contribution < 1.29 is 4.79 Å². The Morgan fingerprint density at radius 2 is 1.32 bits per heavy atom. The van der Waals surface area contributed by atoms with E-state index in [1.807, 2.05) is 49.4 Å². The average Bonchev–Trinajstić information content (AvgIpc) is 2.56. The SMILES string of the molecule is Cc1c(C(N)=O)cccc1-c1ccccc1-c1ccccc1. The van der Waals surface area contributed by atoms with E-state index < -0.39 is 5.91 Å². The second-order valence-corrected chi connectivity index (χ2v) is 5.25. The number of rotatable bonds is 3. The van der Waals surface area contributed by atoms with Crippen molar-refractivity contribution in [3.63, 3.8) is 0 Å². The summed E-state index contributed by atoms with van der Waals surface area (Å²) in [5.41, 5.74) is 11.4. The molecule has 2 heteroatoms. The standard InChI is InChI=1S/C20H17NO/c1-14-16(12-7-13-17(14)20(21)22)19-11-6-5-10-18(19)15-8-3-2-4-9-15/h2-13H,1H3,(H2,21,22). The maximum atomic E-state index is 11.6. The smallest absolute Gasteiger partial charge is 0.248 e. The van der Waals surface area contributed by atoms with Crippen molar-refractivity contribution in [2.24, 2.45) is 5.73 Å². The van der Waals surface area contributed by atoms with E-state index in [1.54, 1.807) is 6.07 Å². The van der Waals surface area contributed by atoms with E-state index in [4.69, 9.17) is 5.73 Å². The van der Waals surface area contributed by atoms with Crippen LogP contribution in [0.1, 0.15) is 15.9 Å². The first-order valence-electron chi connectivity index (χ1n) is 7.22. The molecule has 0 aromatic heterocycles. The van der Waals surface area contributed by atoms with Crippen molar-refractivity contribution in [2.75, 3.05) is 0 Å². The van der Waals surface area contributed by atoms with Crippen LogP contribution in [0.25, 0.3) is 22.3 Å². The monoisotopic (exact) mass is 287 g/mol. The van der Waals surface area contributed by atoms with Crippen molar-refractivity contribution in [2.45, 2.75) is 6.92 Å². The molecule has 2 nitrogen and oxygen atoms in total. The molecule has 0 saturated carbocycles. The zero-order valence-corrected chi connectivity index (χ0v) is 12.4. The van der Waals surface area contributed by atoms with Gasteiger partial charge in [-0.05, 0) is 40.8 Å². The summed E-state index contributed by atoms with van der Waals surface area (Å²) in [6, 6.07) is 24.1. The molecule has 3 aromatic carbocycles. The zero-order valence-electron chi connectivity index (χ0n) is 12.4. The van der Waals surface area contributed by atoms with Gasteiger partial charge in [0.15, 0.2) is 0 Å². The molecule has 0 spiro atoms. The Morgan fingerprint density at radius 1 is 0.727 bits per heavy atom. The third-order valence-electron chi connectivity index (χ3n) is 3.90. The molecule has 0 aliphatic rings. The van der Waals surface area contributed by atoms with Gasteiger partial charge in [-0.25, -0.2) is 0 Å². The van der Waals surface area contributed by atoms with Crippen molar-refractivity contribution >= 4 is 5.91 Å². The number of amides is 1. The van der Waals surface area contributed by atoms with Gasteiger partial charge in [-0.3, -0.25) is 4.79 Å². The van der Waals surface area contributed by atoms with E-state index in [2.05, 4.69) is 24.3 Å². The largest absolute Gasteiger partial charge is 0.366 e. The lowest BCUT2D eigenvalue weighted by Gasteiger charge is -2.14. The van der Waals surface area contributed by atoms with Gasteiger partial charge >= 0.3 is 0 Å². The van der Waals surface area contributed by atoms with Crippen LogP contribution in [-0.2, 0) is 0 Å². The summed E-state index contributed by atoms with van der Waals surface area (Å²) in [6.07, 6.45) is 0. The molecule has 0 aliphatic heterocycles. The number of carbonyl (C=O) groups is 1. The molecule has 0 unspecified atom stereocenters. The predicted molar refractivity (Wildman–Crippen MR) is 90.6 cm³/mol. The molecule has 0 fully saturated rings. The molecule has 0 saturated heterocycles. The van der Waals surface area contributed by atoms with Crippen LogP contribution >= 0.6 is 0 Å². The molecule has 0 radical (unpaired) electrons. The fourth-order valence-corrected chi connectivity index (χ4v) is 2.78. The summed E-state index contributed by atoms with van der Waals surface area (Å²) in [5, 5.41) is 0. The van der Waals surface area contributed by atoms with Gasteiger partial charge in [0, 0.05) is 5.56 Å². The molecule has 0 heterocycles. The van der Waals surface area contributed by atoms with Crippen LogP contribution in [0, 0.1) is 6.92 Å². The molecule has 108 valence electrons. The highest BCUT2D eigenvalue weighted by Gasteiger charge is 2.13. The fourth-order valence-electron chi connectivity index (χ4n) is 2.78. The number of hydrogen-bond acceptors (Lipinski definition) is 1. The first kappa shape index (κ1) is 14.1. The van der Waals surface area contributed by atoms with Gasteiger partial charge in [0.05, 0.1) is 0 Å². The maximum absolute atomic E-state index is 11.6. The van der Waals surface area contributed by atoms with Crippen LogP contribution in [0.5, 0.6) is 0 Å². The van der Waals surface area contributed by atoms with Gasteiger partial charge in [0.2, 0.25) is 5.91 Å². The summed E-state index contributed by atoms with van der Waals surface area (Å²) in [4.78, 5) is 11.6. The number of hydrogen-bond donors (Lipinski definition) is 1. The van der Waals surface area contributed by atoms with Crippen LogP contribution in [0.4, 0.5) is 0 Å². The normalized spacial score (nSPS) is 10.4. The van der Waals surface area contributed by atoms with Gasteiger partial charge in [-0.1, -0.05) is 66.7 Å². The highest BCUT2D eigenvalue weighted by atomic mass is 16.1. The fraction of sp³-hybridized carbons (Fsp3) is 0.0500. The number of benzene rings is 3. The first-order valence-corrected chi connectivity index (χ1v) is 7.22.